The van der Waals surface area contributed by atoms with Gasteiger partial charge in [-0.1, -0.05) is 12.6 Å². The predicted octanol–water partition coefficient (Wildman–Crippen LogP) is 3.77. The average Bonchev–Trinajstić information content (AvgIpc) is 2.37. The van der Waals surface area contributed by atoms with Gasteiger partial charge in [0.2, 0.25) is 0 Å². The third-order valence-electron chi connectivity index (χ3n) is 1.60. The molecule has 0 unspecified atom stereocenters. The molecule has 0 bridgehead atoms. The van der Waals surface area contributed by atoms with Crippen LogP contribution in [0.4, 0.5) is 9.59 Å². The quantitative estimate of drug-likeness (QED) is 0.345. The average molecular weight is 376 g/mol. The van der Waals surface area contributed by atoms with E-state index >= 15 is 0 Å². The lowest BCUT2D eigenvalue weighted by molar-refractivity contribution is 0.134. The smallest absolute Gasteiger partial charge is 0.403 e. The molecule has 7 heteroatoms. The molecule has 1 aromatic rings. The number of hydrogen-bond acceptors (Lipinski definition) is 6. The molecule has 0 saturated carbocycles. The molecule has 0 aliphatic carbocycles. The minimum atomic E-state index is -0.942. The van der Waals surface area contributed by atoms with Crippen molar-refractivity contribution in [2.45, 2.75) is 0 Å². The highest BCUT2D eigenvalue weighted by Crippen LogP contribution is 2.20. The van der Waals surface area contributed by atoms with Gasteiger partial charge in [0.15, 0.2) is 0 Å². The van der Waals surface area contributed by atoms with Crippen molar-refractivity contribution < 1.29 is 28.5 Å². The van der Waals surface area contributed by atoms with E-state index in [9.17, 15) is 9.59 Å². The maximum Gasteiger partial charge on any atom is 0.518 e. The van der Waals surface area contributed by atoms with Crippen LogP contribution in [0.1, 0.15) is 0 Å². The molecule has 19 heavy (non-hydrogen) atoms. The van der Waals surface area contributed by atoms with Crippen LogP contribution in [-0.2, 0) is 9.47 Å². The predicted molar refractivity (Wildman–Crippen MR) is 74.0 cm³/mol. The van der Waals surface area contributed by atoms with Gasteiger partial charge >= 0.3 is 12.3 Å². The maximum absolute atomic E-state index is 11.2. The van der Waals surface area contributed by atoms with E-state index in [-0.39, 0.29) is 11.5 Å². The standard InChI is InChI=1S/C12H9IO6/c1-2-16-11(14)18-9-4-3-5-10(8-9)19-12(15)17-7-6-13/h2-8H,1H2. The van der Waals surface area contributed by atoms with E-state index in [1.54, 1.807) is 0 Å². The SMILES string of the molecule is C=COC(=O)Oc1cccc(OC(=O)OC=CI)c1. The van der Waals surface area contributed by atoms with E-state index < -0.39 is 12.3 Å². The number of benzene rings is 1. The normalized spacial score (nSPS) is 9.74. The molecule has 0 atom stereocenters. The van der Waals surface area contributed by atoms with E-state index in [4.69, 9.17) is 9.47 Å². The number of rotatable bonds is 4. The summed E-state index contributed by atoms with van der Waals surface area (Å²) >= 11 is 1.89. The number of hydrogen-bond donors (Lipinski definition) is 0. The van der Waals surface area contributed by atoms with E-state index in [1.165, 1.54) is 34.6 Å². The van der Waals surface area contributed by atoms with E-state index in [2.05, 4.69) is 16.1 Å². The Bertz CT molecular complexity index is 497. The van der Waals surface area contributed by atoms with Crippen LogP contribution in [-0.4, -0.2) is 12.3 Å². The Balaban J connectivity index is 2.63. The van der Waals surface area contributed by atoms with Gasteiger partial charge in [-0.3, -0.25) is 0 Å². The van der Waals surface area contributed by atoms with Gasteiger partial charge in [-0.25, -0.2) is 9.59 Å². The number of ether oxygens (including phenoxy) is 4. The highest BCUT2D eigenvalue weighted by Gasteiger charge is 2.08. The largest absolute Gasteiger partial charge is 0.518 e. The van der Waals surface area contributed by atoms with Gasteiger partial charge in [-0.05, 0) is 34.7 Å². The lowest BCUT2D eigenvalue weighted by atomic mass is 10.3. The number of halogens is 1. The molecule has 1 rings (SSSR count). The molecule has 100 valence electrons. The molecule has 0 N–H and O–H groups in total. The molecule has 0 aromatic heterocycles. The first-order valence-electron chi connectivity index (χ1n) is 4.89. The van der Waals surface area contributed by atoms with Crippen molar-refractivity contribution >= 4 is 34.9 Å². The lowest BCUT2D eigenvalue weighted by Crippen LogP contribution is -2.08. The first-order valence-corrected chi connectivity index (χ1v) is 6.13. The topological polar surface area (TPSA) is 71.1 Å². The Morgan fingerprint density at radius 1 is 1.11 bits per heavy atom. The minimum absolute atomic E-state index is 0.154. The van der Waals surface area contributed by atoms with Gasteiger partial charge in [0.1, 0.15) is 17.8 Å². The fourth-order valence-electron chi connectivity index (χ4n) is 0.991. The summed E-state index contributed by atoms with van der Waals surface area (Å²) in [5.74, 6) is 0.317. The van der Waals surface area contributed by atoms with Gasteiger partial charge in [0, 0.05) is 10.1 Å². The monoisotopic (exact) mass is 376 g/mol. The molecule has 0 radical (unpaired) electrons. The van der Waals surface area contributed by atoms with Crippen molar-refractivity contribution in [2.75, 3.05) is 0 Å². The summed E-state index contributed by atoms with van der Waals surface area (Å²) in [6, 6.07) is 5.86. The van der Waals surface area contributed by atoms with Crippen molar-refractivity contribution in [1.29, 1.82) is 0 Å². The molecule has 0 aliphatic heterocycles. The Kier molecular flexibility index (Phi) is 6.44. The second kappa shape index (κ2) is 8.14. The summed E-state index contributed by atoms with van der Waals surface area (Å²) in [6.07, 6.45) is 0.266. The van der Waals surface area contributed by atoms with Gasteiger partial charge in [-0.15, -0.1) is 0 Å². The third-order valence-corrected chi connectivity index (χ3v) is 1.90. The van der Waals surface area contributed by atoms with Crippen molar-refractivity contribution in [2.24, 2.45) is 0 Å². The molecule has 0 amide bonds. The molecular weight excluding hydrogens is 367 g/mol. The molecule has 1 aromatic carbocycles. The zero-order chi connectivity index (χ0) is 14.1. The highest BCUT2D eigenvalue weighted by molar-refractivity contribution is 14.1. The van der Waals surface area contributed by atoms with Crippen molar-refractivity contribution in [3.05, 3.63) is 47.5 Å². The van der Waals surface area contributed by atoms with Gasteiger partial charge in [0.25, 0.3) is 0 Å². The number of carbonyl (C=O) groups is 2. The van der Waals surface area contributed by atoms with Crippen LogP contribution in [0.15, 0.2) is 47.5 Å². The fraction of sp³-hybridized carbons (Fsp3) is 0. The summed E-state index contributed by atoms with van der Waals surface area (Å²) < 4.78 is 20.1. The van der Waals surface area contributed by atoms with Crippen LogP contribution in [0, 0.1) is 0 Å². The Hall–Kier alpha value is -2.03. The van der Waals surface area contributed by atoms with E-state index in [1.807, 2.05) is 22.6 Å². The van der Waals surface area contributed by atoms with E-state index in [0.29, 0.717) is 0 Å². The Labute approximate surface area is 122 Å². The van der Waals surface area contributed by atoms with Crippen LogP contribution in [0.2, 0.25) is 0 Å². The van der Waals surface area contributed by atoms with Crippen LogP contribution in [0.25, 0.3) is 0 Å². The molecule has 0 heterocycles. The first kappa shape index (κ1) is 15.0. The zero-order valence-electron chi connectivity index (χ0n) is 9.58. The molecule has 0 aliphatic rings. The third kappa shape index (κ3) is 5.91. The van der Waals surface area contributed by atoms with E-state index in [0.717, 1.165) is 6.26 Å². The molecule has 0 fully saturated rings. The summed E-state index contributed by atoms with van der Waals surface area (Å²) in [5.41, 5.74) is 0. The summed E-state index contributed by atoms with van der Waals surface area (Å²) in [4.78, 5) is 22.2. The zero-order valence-corrected chi connectivity index (χ0v) is 11.7. The number of carbonyl (C=O) groups excluding carboxylic acids is 2. The molecule has 6 nitrogen and oxygen atoms in total. The maximum atomic E-state index is 11.2. The first-order chi connectivity index (χ1) is 9.15. The fourth-order valence-corrected chi connectivity index (χ4v) is 1.14. The summed E-state index contributed by atoms with van der Waals surface area (Å²) in [6.45, 7) is 3.21. The Morgan fingerprint density at radius 2 is 1.68 bits per heavy atom. The highest BCUT2D eigenvalue weighted by atomic mass is 127. The van der Waals surface area contributed by atoms with Gasteiger partial charge in [0.05, 0.1) is 6.26 Å². The van der Waals surface area contributed by atoms with Gasteiger partial charge < -0.3 is 18.9 Å². The van der Waals surface area contributed by atoms with Crippen LogP contribution >= 0.6 is 22.6 Å². The van der Waals surface area contributed by atoms with Crippen LogP contribution in [0.5, 0.6) is 11.5 Å². The van der Waals surface area contributed by atoms with Crippen molar-refractivity contribution in [3.63, 3.8) is 0 Å². The summed E-state index contributed by atoms with van der Waals surface area (Å²) in [7, 11) is 0. The van der Waals surface area contributed by atoms with Crippen molar-refractivity contribution in [3.8, 4) is 11.5 Å². The summed E-state index contributed by atoms with van der Waals surface area (Å²) in [5, 5.41) is 0. The Morgan fingerprint density at radius 3 is 2.21 bits per heavy atom. The van der Waals surface area contributed by atoms with Crippen molar-refractivity contribution in [1.82, 2.24) is 0 Å². The lowest BCUT2D eigenvalue weighted by Gasteiger charge is -2.05. The molecule has 0 spiro atoms. The van der Waals surface area contributed by atoms with Crippen LogP contribution in [0.3, 0.4) is 0 Å². The second-order valence-corrected chi connectivity index (χ2v) is 3.56. The second-order valence-electron chi connectivity index (χ2n) is 2.84. The van der Waals surface area contributed by atoms with Crippen LogP contribution < -0.4 is 9.47 Å². The van der Waals surface area contributed by atoms with Gasteiger partial charge in [-0.2, -0.15) is 0 Å². The molecule has 0 saturated heterocycles. The minimum Gasteiger partial charge on any atom is -0.403 e. The molecular formula is C12H9IO6.